The number of hydrogen-bond acceptors (Lipinski definition) is 4. The number of halogens is 1. The van der Waals surface area contributed by atoms with E-state index in [1.807, 2.05) is 35.2 Å². The molecule has 28 heavy (non-hydrogen) atoms. The molecular weight excluding hydrogens is 355 g/mol. The SMILES string of the molecule is Nc1ncc(-c2ccc(F)cc2)c([C@@H]2CCCN(C(=O)c3ccccc3)C2)n1. The first-order valence-electron chi connectivity index (χ1n) is 9.34. The molecule has 1 atom stereocenters. The molecule has 0 aliphatic carbocycles. The minimum Gasteiger partial charge on any atom is -0.368 e. The number of aromatic nitrogens is 2. The third kappa shape index (κ3) is 3.71. The maximum atomic E-state index is 13.3. The second-order valence-corrected chi connectivity index (χ2v) is 6.99. The van der Waals surface area contributed by atoms with E-state index >= 15 is 0 Å². The summed E-state index contributed by atoms with van der Waals surface area (Å²) in [6, 6.07) is 15.6. The van der Waals surface area contributed by atoms with Gasteiger partial charge < -0.3 is 10.6 Å². The van der Waals surface area contributed by atoms with Crippen LogP contribution in [0, 0.1) is 5.82 Å². The predicted octanol–water partition coefficient (Wildman–Crippen LogP) is 3.88. The summed E-state index contributed by atoms with van der Waals surface area (Å²) in [6.45, 7) is 1.29. The Hall–Kier alpha value is -3.28. The van der Waals surface area contributed by atoms with Crippen LogP contribution in [0.5, 0.6) is 0 Å². The summed E-state index contributed by atoms with van der Waals surface area (Å²) < 4.78 is 13.3. The van der Waals surface area contributed by atoms with E-state index in [-0.39, 0.29) is 23.6 Å². The topological polar surface area (TPSA) is 72.1 Å². The van der Waals surface area contributed by atoms with E-state index in [2.05, 4.69) is 9.97 Å². The molecule has 2 heterocycles. The van der Waals surface area contributed by atoms with Crippen LogP contribution in [0.15, 0.2) is 60.8 Å². The smallest absolute Gasteiger partial charge is 0.253 e. The largest absolute Gasteiger partial charge is 0.368 e. The van der Waals surface area contributed by atoms with Gasteiger partial charge in [-0.1, -0.05) is 30.3 Å². The van der Waals surface area contributed by atoms with Gasteiger partial charge in [0.1, 0.15) is 5.82 Å². The van der Waals surface area contributed by atoms with Gasteiger partial charge >= 0.3 is 0 Å². The molecular formula is C22H21FN4O. The number of nitrogen functional groups attached to an aromatic ring is 1. The highest BCUT2D eigenvalue weighted by Gasteiger charge is 2.28. The number of likely N-dealkylation sites (tertiary alicyclic amines) is 1. The molecule has 4 rings (SSSR count). The highest BCUT2D eigenvalue weighted by Crippen LogP contribution is 2.33. The zero-order valence-electron chi connectivity index (χ0n) is 15.4. The van der Waals surface area contributed by atoms with Crippen LogP contribution in [0.25, 0.3) is 11.1 Å². The maximum Gasteiger partial charge on any atom is 0.253 e. The van der Waals surface area contributed by atoms with Gasteiger partial charge in [-0.15, -0.1) is 0 Å². The normalized spacial score (nSPS) is 16.8. The Morgan fingerprint density at radius 3 is 2.61 bits per heavy atom. The fraction of sp³-hybridized carbons (Fsp3) is 0.227. The van der Waals surface area contributed by atoms with Crippen molar-refractivity contribution in [3.63, 3.8) is 0 Å². The molecule has 5 nitrogen and oxygen atoms in total. The van der Waals surface area contributed by atoms with Crippen LogP contribution < -0.4 is 5.73 Å². The highest BCUT2D eigenvalue weighted by atomic mass is 19.1. The van der Waals surface area contributed by atoms with Crippen molar-refractivity contribution in [2.75, 3.05) is 18.8 Å². The molecule has 1 fully saturated rings. The first-order chi connectivity index (χ1) is 13.6. The second kappa shape index (κ2) is 7.76. The zero-order chi connectivity index (χ0) is 19.5. The molecule has 2 N–H and O–H groups in total. The lowest BCUT2D eigenvalue weighted by atomic mass is 9.89. The average Bonchev–Trinajstić information content (AvgIpc) is 2.74. The van der Waals surface area contributed by atoms with Gasteiger partial charge in [-0.2, -0.15) is 0 Å². The standard InChI is InChI=1S/C22H21FN4O/c23-18-10-8-15(9-11-18)19-13-25-22(24)26-20(19)17-7-4-12-27(14-17)21(28)16-5-2-1-3-6-16/h1-3,5-6,8-11,13,17H,4,7,12,14H2,(H2,24,25,26)/t17-/m1/s1. The minimum absolute atomic E-state index is 0.0238. The number of nitrogens with two attached hydrogens (primary N) is 1. The van der Waals surface area contributed by atoms with Crippen LogP contribution in [0.4, 0.5) is 10.3 Å². The molecule has 1 saturated heterocycles. The lowest BCUT2D eigenvalue weighted by molar-refractivity contribution is 0.0706. The summed E-state index contributed by atoms with van der Waals surface area (Å²) in [4.78, 5) is 23.4. The Morgan fingerprint density at radius 1 is 1.11 bits per heavy atom. The highest BCUT2D eigenvalue weighted by molar-refractivity contribution is 5.94. The lowest BCUT2D eigenvalue weighted by Gasteiger charge is -2.33. The van der Waals surface area contributed by atoms with Crippen molar-refractivity contribution in [3.8, 4) is 11.1 Å². The van der Waals surface area contributed by atoms with Gasteiger partial charge in [0.2, 0.25) is 5.95 Å². The van der Waals surface area contributed by atoms with E-state index < -0.39 is 0 Å². The van der Waals surface area contributed by atoms with Gasteiger partial charge in [-0.25, -0.2) is 14.4 Å². The molecule has 142 valence electrons. The Balaban J connectivity index is 1.64. The van der Waals surface area contributed by atoms with Crippen molar-refractivity contribution in [2.45, 2.75) is 18.8 Å². The Kier molecular flexibility index (Phi) is 5.02. The molecule has 1 aliphatic rings. The molecule has 6 heteroatoms. The van der Waals surface area contributed by atoms with E-state index in [0.717, 1.165) is 36.2 Å². The first-order valence-corrected chi connectivity index (χ1v) is 9.34. The third-order valence-corrected chi connectivity index (χ3v) is 5.11. The van der Waals surface area contributed by atoms with Gasteiger partial charge in [-0.3, -0.25) is 4.79 Å². The van der Waals surface area contributed by atoms with Gasteiger partial charge in [-0.05, 0) is 42.7 Å². The number of rotatable bonds is 3. The van der Waals surface area contributed by atoms with Crippen molar-refractivity contribution in [1.82, 2.24) is 14.9 Å². The van der Waals surface area contributed by atoms with Crippen molar-refractivity contribution in [1.29, 1.82) is 0 Å². The summed E-state index contributed by atoms with van der Waals surface area (Å²) in [5.74, 6) is -0.0197. The van der Waals surface area contributed by atoms with E-state index in [1.165, 1.54) is 12.1 Å². The summed E-state index contributed by atoms with van der Waals surface area (Å²) in [7, 11) is 0. The summed E-state index contributed by atoms with van der Waals surface area (Å²) in [5.41, 5.74) is 9.02. The number of nitrogens with zero attached hydrogens (tertiary/aromatic N) is 3. The third-order valence-electron chi connectivity index (χ3n) is 5.11. The number of benzene rings is 2. The molecule has 3 aromatic rings. The monoisotopic (exact) mass is 376 g/mol. The lowest BCUT2D eigenvalue weighted by Crippen LogP contribution is -2.39. The van der Waals surface area contributed by atoms with Gasteiger partial charge in [0, 0.05) is 36.3 Å². The second-order valence-electron chi connectivity index (χ2n) is 6.99. The minimum atomic E-state index is -0.293. The van der Waals surface area contributed by atoms with Crippen LogP contribution >= 0.6 is 0 Å². The molecule has 0 unspecified atom stereocenters. The van der Waals surface area contributed by atoms with Crippen molar-refractivity contribution in [2.24, 2.45) is 0 Å². The maximum absolute atomic E-state index is 13.3. The fourth-order valence-corrected chi connectivity index (χ4v) is 3.72. The van der Waals surface area contributed by atoms with Gasteiger partial charge in [0.25, 0.3) is 5.91 Å². The summed E-state index contributed by atoms with van der Waals surface area (Å²) in [6.07, 6.45) is 3.47. The van der Waals surface area contributed by atoms with Crippen molar-refractivity contribution < 1.29 is 9.18 Å². The van der Waals surface area contributed by atoms with Crippen LogP contribution in [0.2, 0.25) is 0 Å². The number of anilines is 1. The number of amides is 1. The first kappa shape index (κ1) is 18.1. The van der Waals surface area contributed by atoms with Crippen LogP contribution in [0.3, 0.4) is 0 Å². The molecule has 0 bridgehead atoms. The van der Waals surface area contributed by atoms with E-state index in [1.54, 1.807) is 18.3 Å². The zero-order valence-corrected chi connectivity index (χ0v) is 15.4. The van der Waals surface area contributed by atoms with Gasteiger partial charge in [0.15, 0.2) is 0 Å². The number of carbonyl (C=O) groups is 1. The molecule has 1 aliphatic heterocycles. The number of piperidine rings is 1. The number of hydrogen-bond donors (Lipinski definition) is 1. The summed E-state index contributed by atoms with van der Waals surface area (Å²) in [5, 5.41) is 0. The Morgan fingerprint density at radius 2 is 1.86 bits per heavy atom. The van der Waals surface area contributed by atoms with E-state index in [4.69, 9.17) is 5.73 Å². The molecule has 1 amide bonds. The van der Waals surface area contributed by atoms with E-state index in [0.29, 0.717) is 12.1 Å². The Bertz CT molecular complexity index is 976. The van der Waals surface area contributed by atoms with Gasteiger partial charge in [0.05, 0.1) is 5.69 Å². The van der Waals surface area contributed by atoms with Crippen LogP contribution in [-0.2, 0) is 0 Å². The quantitative estimate of drug-likeness (QED) is 0.753. The number of carbonyl (C=O) groups excluding carboxylic acids is 1. The van der Waals surface area contributed by atoms with Crippen LogP contribution in [0.1, 0.15) is 34.8 Å². The molecule has 0 radical (unpaired) electrons. The molecule has 0 saturated carbocycles. The van der Waals surface area contributed by atoms with Crippen LogP contribution in [-0.4, -0.2) is 33.9 Å². The molecule has 0 spiro atoms. The van der Waals surface area contributed by atoms with E-state index in [9.17, 15) is 9.18 Å². The summed E-state index contributed by atoms with van der Waals surface area (Å²) >= 11 is 0. The average molecular weight is 376 g/mol. The fourth-order valence-electron chi connectivity index (χ4n) is 3.72. The van der Waals surface area contributed by atoms with Crippen molar-refractivity contribution >= 4 is 11.9 Å². The molecule has 2 aromatic carbocycles. The Labute approximate surface area is 163 Å². The molecule has 1 aromatic heterocycles. The van der Waals surface area contributed by atoms with Crippen molar-refractivity contribution in [3.05, 3.63) is 77.9 Å². The predicted molar refractivity (Wildman–Crippen MR) is 106 cm³/mol.